The third-order valence-electron chi connectivity index (χ3n) is 4.91. The maximum absolute atomic E-state index is 12.6. The van der Waals surface area contributed by atoms with Crippen molar-refractivity contribution in [3.8, 4) is 0 Å². The molecule has 2 unspecified atom stereocenters. The van der Waals surface area contributed by atoms with Crippen LogP contribution in [0.25, 0.3) is 0 Å². The second-order valence-electron chi connectivity index (χ2n) is 7.20. The molecule has 1 amide bonds. The molecule has 1 aromatic rings. The van der Waals surface area contributed by atoms with Crippen LogP contribution < -0.4 is 4.72 Å². The number of hydrogen-bond acceptors (Lipinski definition) is 8. The van der Waals surface area contributed by atoms with E-state index in [1.165, 1.54) is 18.0 Å². The highest BCUT2D eigenvalue weighted by Crippen LogP contribution is 2.19. The zero-order chi connectivity index (χ0) is 22.7. The van der Waals surface area contributed by atoms with Crippen LogP contribution in [0.4, 0.5) is 0 Å². The fourth-order valence-electron chi connectivity index (χ4n) is 3.17. The lowest BCUT2D eigenvalue weighted by molar-refractivity contribution is -0.159. The number of aryl methyl sites for hydroxylation is 2. The van der Waals surface area contributed by atoms with Crippen molar-refractivity contribution in [3.05, 3.63) is 12.0 Å². The number of carbonyl (C=O) groups excluding carboxylic acids is 2. The summed E-state index contributed by atoms with van der Waals surface area (Å²) in [5.41, 5.74) is 0. The Hall–Kier alpha value is -1.99. The molecular formula is C17H28N4O7S2. The Labute approximate surface area is 176 Å². The number of rotatable bonds is 9. The molecule has 0 saturated carbocycles. The highest BCUT2D eigenvalue weighted by atomic mass is 32.2. The molecule has 0 aromatic carbocycles. The minimum Gasteiger partial charge on any atom is -0.452 e. The average molecular weight is 465 g/mol. The largest absolute Gasteiger partial charge is 0.452 e. The summed E-state index contributed by atoms with van der Waals surface area (Å²) >= 11 is 0. The Balaban J connectivity index is 1.85. The van der Waals surface area contributed by atoms with Crippen LogP contribution in [-0.4, -0.2) is 79.9 Å². The second-order valence-corrected chi connectivity index (χ2v) is 11.1. The topological polar surface area (TPSA) is 145 Å². The molecule has 1 N–H and O–H groups in total. The normalized spacial score (nSPS) is 19.4. The quantitative estimate of drug-likeness (QED) is 0.475. The van der Waals surface area contributed by atoms with Crippen molar-refractivity contribution < 1.29 is 31.2 Å². The van der Waals surface area contributed by atoms with E-state index in [2.05, 4.69) is 9.71 Å². The van der Waals surface area contributed by atoms with Crippen LogP contribution in [0.5, 0.6) is 0 Å². The molecule has 2 rings (SSSR count). The summed E-state index contributed by atoms with van der Waals surface area (Å²) in [5, 5.41) is -0.149. The van der Waals surface area contributed by atoms with Gasteiger partial charge in [0.25, 0.3) is 15.9 Å². The van der Waals surface area contributed by atoms with E-state index in [1.54, 1.807) is 25.5 Å². The number of aromatic nitrogens is 2. The average Bonchev–Trinajstić information content (AvgIpc) is 3.17. The Bertz CT molecular complexity index is 982. The van der Waals surface area contributed by atoms with Gasteiger partial charge in [-0.2, -0.15) is 0 Å². The van der Waals surface area contributed by atoms with E-state index < -0.39 is 43.9 Å². The molecule has 30 heavy (non-hydrogen) atoms. The Morgan fingerprint density at radius 1 is 1.43 bits per heavy atom. The summed E-state index contributed by atoms with van der Waals surface area (Å²) in [7, 11) is -5.36. The smallest absolute Gasteiger partial charge is 0.307 e. The molecule has 0 bridgehead atoms. The monoisotopic (exact) mass is 464 g/mol. The van der Waals surface area contributed by atoms with Gasteiger partial charge in [0.1, 0.15) is 5.82 Å². The number of likely N-dealkylation sites (N-methyl/N-ethyl adjacent to an activating group) is 1. The van der Waals surface area contributed by atoms with E-state index in [-0.39, 0.29) is 29.5 Å². The predicted molar refractivity (Wildman–Crippen MR) is 108 cm³/mol. The molecule has 1 aliphatic heterocycles. The first-order valence-electron chi connectivity index (χ1n) is 9.56. The van der Waals surface area contributed by atoms with Gasteiger partial charge in [-0.05, 0) is 27.2 Å². The van der Waals surface area contributed by atoms with Gasteiger partial charge in [0.05, 0.1) is 17.9 Å². The number of sulfonamides is 1. The van der Waals surface area contributed by atoms with Gasteiger partial charge < -0.3 is 14.2 Å². The fourth-order valence-corrected chi connectivity index (χ4v) is 5.97. The van der Waals surface area contributed by atoms with Crippen molar-refractivity contribution in [1.82, 2.24) is 19.2 Å². The van der Waals surface area contributed by atoms with Crippen LogP contribution in [0.2, 0.25) is 0 Å². The first-order valence-corrected chi connectivity index (χ1v) is 12.9. The van der Waals surface area contributed by atoms with Crippen LogP contribution >= 0.6 is 0 Å². The number of imidazole rings is 1. The third-order valence-corrected chi connectivity index (χ3v) is 7.99. The fraction of sp³-hybridized carbons (Fsp3) is 0.706. The minimum atomic E-state index is -3.86. The van der Waals surface area contributed by atoms with Gasteiger partial charge in [-0.3, -0.25) is 9.59 Å². The van der Waals surface area contributed by atoms with E-state index in [4.69, 9.17) is 4.74 Å². The summed E-state index contributed by atoms with van der Waals surface area (Å²) in [6.45, 7) is 4.88. The molecule has 1 saturated heterocycles. The molecule has 1 aliphatic rings. The predicted octanol–water partition coefficient (Wildman–Crippen LogP) is -0.636. The minimum absolute atomic E-state index is 0.0333. The number of hydrogen-bond donors (Lipinski definition) is 1. The van der Waals surface area contributed by atoms with Crippen LogP contribution in [0.15, 0.2) is 11.2 Å². The lowest BCUT2D eigenvalue weighted by Gasteiger charge is -2.29. The Kier molecular flexibility index (Phi) is 7.64. The third kappa shape index (κ3) is 6.01. The van der Waals surface area contributed by atoms with Gasteiger partial charge in [-0.15, -0.1) is 0 Å². The van der Waals surface area contributed by atoms with Gasteiger partial charge in [-0.25, -0.2) is 26.5 Å². The zero-order valence-corrected chi connectivity index (χ0v) is 19.1. The molecule has 170 valence electrons. The molecule has 13 heteroatoms. The van der Waals surface area contributed by atoms with E-state index in [9.17, 15) is 26.4 Å². The molecule has 2 atom stereocenters. The molecule has 2 heterocycles. The summed E-state index contributed by atoms with van der Waals surface area (Å²) in [6, 6.07) is -0.428. The number of nitrogens with one attached hydrogen (secondary N) is 1. The number of sulfone groups is 1. The molecule has 11 nitrogen and oxygen atoms in total. The van der Waals surface area contributed by atoms with Crippen LogP contribution in [0.1, 0.15) is 32.5 Å². The maximum atomic E-state index is 12.6. The van der Waals surface area contributed by atoms with E-state index in [0.29, 0.717) is 18.8 Å². The molecule has 1 fully saturated rings. The molecular weight excluding hydrogens is 436 g/mol. The zero-order valence-electron chi connectivity index (χ0n) is 17.5. The number of ether oxygens (including phenoxy) is 1. The van der Waals surface area contributed by atoms with E-state index in [0.717, 1.165) is 0 Å². The standard InChI is InChI=1S/C17H28N4O7S2/c1-5-21(14-7-9-29(24,25)11-14)17(23)12(2)28-16(22)6-8-18-30(26,27)15-10-20(4)13(3)19-15/h10,12,14,18H,5-9,11H2,1-4H3. The summed E-state index contributed by atoms with van der Waals surface area (Å²) in [6.07, 6.45) is 0.347. The van der Waals surface area contributed by atoms with Crippen LogP contribution in [-0.2, 0) is 41.2 Å². The SMILES string of the molecule is CCN(C(=O)C(C)OC(=O)CCNS(=O)(=O)c1cn(C)c(C)n1)C1CCS(=O)(=O)C1. The summed E-state index contributed by atoms with van der Waals surface area (Å²) < 4.78 is 56.7. The van der Waals surface area contributed by atoms with E-state index in [1.807, 2.05) is 0 Å². The van der Waals surface area contributed by atoms with Gasteiger partial charge in [0, 0.05) is 32.4 Å². The van der Waals surface area contributed by atoms with Crippen molar-refractivity contribution in [1.29, 1.82) is 0 Å². The first-order chi connectivity index (χ1) is 13.9. The summed E-state index contributed by atoms with van der Waals surface area (Å²) in [5.74, 6) is -0.755. The number of nitrogens with zero attached hydrogens (tertiary/aromatic N) is 3. The van der Waals surface area contributed by atoms with Crippen molar-refractivity contribution in [2.75, 3.05) is 24.6 Å². The van der Waals surface area contributed by atoms with E-state index >= 15 is 0 Å². The number of carbonyl (C=O) groups is 2. The van der Waals surface area contributed by atoms with Crippen LogP contribution in [0.3, 0.4) is 0 Å². The molecule has 0 radical (unpaired) electrons. The maximum Gasteiger partial charge on any atom is 0.307 e. The Morgan fingerprint density at radius 2 is 2.10 bits per heavy atom. The molecule has 0 aliphatic carbocycles. The number of esters is 1. The number of amides is 1. The Morgan fingerprint density at radius 3 is 2.60 bits per heavy atom. The highest BCUT2D eigenvalue weighted by Gasteiger charge is 2.36. The van der Waals surface area contributed by atoms with Crippen LogP contribution in [0, 0.1) is 6.92 Å². The highest BCUT2D eigenvalue weighted by molar-refractivity contribution is 7.91. The first kappa shape index (κ1) is 24.3. The molecule has 0 spiro atoms. The lowest BCUT2D eigenvalue weighted by atomic mass is 10.2. The van der Waals surface area contributed by atoms with Crippen molar-refractivity contribution in [2.45, 2.75) is 50.8 Å². The lowest BCUT2D eigenvalue weighted by Crippen LogP contribution is -2.46. The van der Waals surface area contributed by atoms with Gasteiger partial charge in [-0.1, -0.05) is 0 Å². The van der Waals surface area contributed by atoms with Crippen molar-refractivity contribution >= 4 is 31.7 Å². The van der Waals surface area contributed by atoms with Crippen molar-refractivity contribution in [3.63, 3.8) is 0 Å². The van der Waals surface area contributed by atoms with Gasteiger partial charge in [0.15, 0.2) is 21.0 Å². The summed E-state index contributed by atoms with van der Waals surface area (Å²) in [4.78, 5) is 30.0. The van der Waals surface area contributed by atoms with Gasteiger partial charge in [0.2, 0.25) is 0 Å². The van der Waals surface area contributed by atoms with Gasteiger partial charge >= 0.3 is 5.97 Å². The van der Waals surface area contributed by atoms with Crippen molar-refractivity contribution in [2.24, 2.45) is 7.05 Å². The second kappa shape index (κ2) is 9.43. The molecule has 1 aromatic heterocycles.